The molecule has 5 nitrogen and oxygen atoms in total. The molecule has 1 aliphatic heterocycles. The Kier molecular flexibility index (Phi) is 6.69. The summed E-state index contributed by atoms with van der Waals surface area (Å²) in [6, 6.07) is 15.8. The zero-order valence-corrected chi connectivity index (χ0v) is 16.6. The Hall–Kier alpha value is -2.82. The second-order valence-electron chi connectivity index (χ2n) is 7.11. The van der Waals surface area contributed by atoms with E-state index in [4.69, 9.17) is 4.74 Å². The molecule has 0 fully saturated rings. The van der Waals surface area contributed by atoms with Gasteiger partial charge >= 0.3 is 0 Å². The highest BCUT2D eigenvalue weighted by Gasteiger charge is 2.26. The molecule has 0 unspecified atom stereocenters. The van der Waals surface area contributed by atoms with Crippen LogP contribution in [0.5, 0.6) is 5.75 Å². The number of carbonyl (C=O) groups is 2. The first-order valence-electron chi connectivity index (χ1n) is 10.0. The minimum absolute atomic E-state index is 0.00381. The molecule has 2 aromatic rings. The van der Waals surface area contributed by atoms with Crippen LogP contribution in [0.25, 0.3) is 0 Å². The number of hydrogen-bond donors (Lipinski definition) is 1. The number of carbonyl (C=O) groups excluding carboxylic acids is 2. The molecule has 0 atom stereocenters. The lowest BCUT2D eigenvalue weighted by Crippen LogP contribution is -2.39. The Morgan fingerprint density at radius 3 is 2.61 bits per heavy atom. The van der Waals surface area contributed by atoms with E-state index in [2.05, 4.69) is 17.4 Å². The lowest BCUT2D eigenvalue weighted by Gasteiger charge is -2.30. The molecular weight excluding hydrogens is 352 g/mol. The van der Waals surface area contributed by atoms with Gasteiger partial charge in [0.2, 0.25) is 5.91 Å². The summed E-state index contributed by atoms with van der Waals surface area (Å²) in [4.78, 5) is 26.6. The third-order valence-electron chi connectivity index (χ3n) is 5.22. The highest BCUT2D eigenvalue weighted by Crippen LogP contribution is 2.35. The number of hydrogen-bond acceptors (Lipinski definition) is 3. The lowest BCUT2D eigenvalue weighted by molar-refractivity contribution is -0.121. The molecule has 5 heteroatoms. The average Bonchev–Trinajstić information content (AvgIpc) is 2.71. The standard InChI is InChI=1S/C23H28N2O3/c1-3-18(4-2)23(27)24-19-12-13-21-20(15-19)25(22(26)16-28-21)14-8-11-17-9-6-5-7-10-17/h5-7,9-10,12-13,15,18H,3-4,8,11,14,16H2,1-2H3,(H,24,27). The number of benzene rings is 2. The van der Waals surface area contributed by atoms with Gasteiger partial charge < -0.3 is 15.0 Å². The minimum Gasteiger partial charge on any atom is -0.482 e. The summed E-state index contributed by atoms with van der Waals surface area (Å²) in [5.41, 5.74) is 2.68. The normalized spacial score (nSPS) is 13.2. The van der Waals surface area contributed by atoms with E-state index in [0.29, 0.717) is 18.0 Å². The van der Waals surface area contributed by atoms with Gasteiger partial charge in [-0.05, 0) is 49.4 Å². The zero-order chi connectivity index (χ0) is 19.9. The monoisotopic (exact) mass is 380 g/mol. The molecule has 0 bridgehead atoms. The fourth-order valence-corrected chi connectivity index (χ4v) is 3.51. The summed E-state index contributed by atoms with van der Waals surface area (Å²) < 4.78 is 5.58. The molecule has 3 rings (SSSR count). The van der Waals surface area contributed by atoms with Gasteiger partial charge in [0, 0.05) is 18.2 Å². The van der Waals surface area contributed by atoms with Crippen molar-refractivity contribution in [3.05, 3.63) is 54.1 Å². The van der Waals surface area contributed by atoms with Crippen LogP contribution >= 0.6 is 0 Å². The topological polar surface area (TPSA) is 58.6 Å². The molecule has 1 N–H and O–H groups in total. The van der Waals surface area contributed by atoms with Gasteiger partial charge in [-0.15, -0.1) is 0 Å². The fraction of sp³-hybridized carbons (Fsp3) is 0.391. The SMILES string of the molecule is CCC(CC)C(=O)Nc1ccc2c(c1)N(CCCc1ccccc1)C(=O)CO2. The number of rotatable bonds is 8. The van der Waals surface area contributed by atoms with Gasteiger partial charge in [-0.2, -0.15) is 0 Å². The number of nitrogens with zero attached hydrogens (tertiary/aromatic N) is 1. The molecule has 0 saturated heterocycles. The van der Waals surface area contributed by atoms with E-state index in [9.17, 15) is 9.59 Å². The van der Waals surface area contributed by atoms with Crippen molar-refractivity contribution >= 4 is 23.2 Å². The minimum atomic E-state index is -0.0518. The quantitative estimate of drug-likeness (QED) is 0.737. The Morgan fingerprint density at radius 2 is 1.89 bits per heavy atom. The van der Waals surface area contributed by atoms with Crippen molar-refractivity contribution < 1.29 is 14.3 Å². The van der Waals surface area contributed by atoms with E-state index in [1.807, 2.05) is 50.2 Å². The van der Waals surface area contributed by atoms with Crippen LogP contribution < -0.4 is 15.0 Å². The molecule has 0 aromatic heterocycles. The maximum Gasteiger partial charge on any atom is 0.265 e. The van der Waals surface area contributed by atoms with E-state index < -0.39 is 0 Å². The number of nitrogens with one attached hydrogen (secondary N) is 1. The summed E-state index contributed by atoms with van der Waals surface area (Å²) in [5.74, 6) is 0.642. The first-order chi connectivity index (χ1) is 13.6. The molecule has 0 spiro atoms. The van der Waals surface area contributed by atoms with Crippen LogP contribution in [0, 0.1) is 5.92 Å². The second kappa shape index (κ2) is 9.40. The van der Waals surface area contributed by atoms with Gasteiger partial charge in [-0.3, -0.25) is 9.59 Å². The van der Waals surface area contributed by atoms with E-state index in [-0.39, 0.29) is 24.3 Å². The van der Waals surface area contributed by atoms with Crippen LogP contribution in [0.1, 0.15) is 38.7 Å². The second-order valence-corrected chi connectivity index (χ2v) is 7.11. The maximum atomic E-state index is 12.4. The molecule has 148 valence electrons. The van der Waals surface area contributed by atoms with E-state index >= 15 is 0 Å². The average molecular weight is 380 g/mol. The number of anilines is 2. The van der Waals surface area contributed by atoms with Crippen molar-refractivity contribution in [3.63, 3.8) is 0 Å². The van der Waals surface area contributed by atoms with Crippen molar-refractivity contribution in [2.24, 2.45) is 5.92 Å². The van der Waals surface area contributed by atoms with Crippen molar-refractivity contribution in [3.8, 4) is 5.75 Å². The van der Waals surface area contributed by atoms with Gasteiger partial charge in [-0.25, -0.2) is 0 Å². The molecule has 28 heavy (non-hydrogen) atoms. The van der Waals surface area contributed by atoms with Crippen molar-refractivity contribution in [1.29, 1.82) is 0 Å². The maximum absolute atomic E-state index is 12.4. The van der Waals surface area contributed by atoms with Gasteiger partial charge in [0.05, 0.1) is 5.69 Å². The van der Waals surface area contributed by atoms with Crippen molar-refractivity contribution in [2.45, 2.75) is 39.5 Å². The number of aryl methyl sites for hydroxylation is 1. The van der Waals surface area contributed by atoms with Crippen LogP contribution in [-0.2, 0) is 16.0 Å². The fourth-order valence-electron chi connectivity index (χ4n) is 3.51. The van der Waals surface area contributed by atoms with E-state index in [1.165, 1.54) is 5.56 Å². The summed E-state index contributed by atoms with van der Waals surface area (Å²) in [5, 5.41) is 2.98. The van der Waals surface area contributed by atoms with Crippen molar-refractivity contribution in [1.82, 2.24) is 0 Å². The third kappa shape index (κ3) is 4.71. The molecular formula is C23H28N2O3. The van der Waals surface area contributed by atoms with Crippen LogP contribution in [-0.4, -0.2) is 25.0 Å². The molecule has 0 aliphatic carbocycles. The molecule has 1 heterocycles. The Bertz CT molecular complexity index is 816. The first-order valence-corrected chi connectivity index (χ1v) is 10.0. The van der Waals surface area contributed by atoms with E-state index in [1.54, 1.807) is 4.90 Å². The number of amides is 2. The smallest absolute Gasteiger partial charge is 0.265 e. The van der Waals surface area contributed by atoms with Gasteiger partial charge in [0.15, 0.2) is 6.61 Å². The van der Waals surface area contributed by atoms with Crippen LogP contribution in [0.2, 0.25) is 0 Å². The largest absolute Gasteiger partial charge is 0.482 e. The molecule has 2 aromatic carbocycles. The molecule has 2 amide bonds. The van der Waals surface area contributed by atoms with Crippen LogP contribution in [0.15, 0.2) is 48.5 Å². The van der Waals surface area contributed by atoms with E-state index in [0.717, 1.165) is 31.4 Å². The highest BCUT2D eigenvalue weighted by atomic mass is 16.5. The molecule has 0 radical (unpaired) electrons. The Balaban J connectivity index is 1.71. The molecule has 1 aliphatic rings. The van der Waals surface area contributed by atoms with Crippen LogP contribution in [0.3, 0.4) is 0 Å². The Morgan fingerprint density at radius 1 is 1.14 bits per heavy atom. The van der Waals surface area contributed by atoms with Gasteiger partial charge in [0.25, 0.3) is 5.91 Å². The predicted octanol–water partition coefficient (Wildman–Crippen LogP) is 4.42. The summed E-state index contributed by atoms with van der Waals surface area (Å²) in [7, 11) is 0. The Labute approximate surface area is 166 Å². The summed E-state index contributed by atoms with van der Waals surface area (Å²) >= 11 is 0. The summed E-state index contributed by atoms with van der Waals surface area (Å²) in [6.07, 6.45) is 3.38. The first kappa shape index (κ1) is 19.9. The third-order valence-corrected chi connectivity index (χ3v) is 5.22. The predicted molar refractivity (Wildman–Crippen MR) is 112 cm³/mol. The number of fused-ring (bicyclic) bond motifs is 1. The molecule has 0 saturated carbocycles. The van der Waals surface area contributed by atoms with Crippen molar-refractivity contribution in [2.75, 3.05) is 23.4 Å². The number of ether oxygens (including phenoxy) is 1. The summed E-state index contributed by atoms with van der Waals surface area (Å²) in [6.45, 7) is 4.70. The van der Waals surface area contributed by atoms with Crippen LogP contribution in [0.4, 0.5) is 11.4 Å². The highest BCUT2D eigenvalue weighted by molar-refractivity contribution is 5.99. The zero-order valence-electron chi connectivity index (χ0n) is 16.6. The lowest BCUT2D eigenvalue weighted by atomic mass is 10.0. The van der Waals surface area contributed by atoms with Gasteiger partial charge in [0.1, 0.15) is 5.75 Å². The van der Waals surface area contributed by atoms with Gasteiger partial charge in [-0.1, -0.05) is 44.2 Å².